The van der Waals surface area contributed by atoms with Gasteiger partial charge in [0.25, 0.3) is 0 Å². The van der Waals surface area contributed by atoms with Gasteiger partial charge in [0.05, 0.1) is 0 Å². The highest BCUT2D eigenvalue weighted by molar-refractivity contribution is 7.79. The van der Waals surface area contributed by atoms with Crippen molar-refractivity contribution in [3.05, 3.63) is 23.8 Å². The molecule has 6 nitrogen and oxygen atoms in total. The minimum atomic E-state index is -1.54. The Morgan fingerprint density at radius 3 is 3.06 bits per heavy atom. The van der Waals surface area contributed by atoms with Crippen LogP contribution in [0.4, 0.5) is 0 Å². The second-order valence-corrected chi connectivity index (χ2v) is 4.14. The summed E-state index contributed by atoms with van der Waals surface area (Å²) >= 11 is -1.54. The maximum atomic E-state index is 10.8. The van der Waals surface area contributed by atoms with Crippen molar-refractivity contribution >= 4 is 17.1 Å². The minimum Gasteiger partial charge on any atom is -0.454 e. The summed E-state index contributed by atoms with van der Waals surface area (Å²) in [5.74, 6) is 2.00. The zero-order valence-corrected chi connectivity index (χ0v) is 8.95. The number of hydrogen-bond donors (Lipinski definition) is 1. The molecule has 0 amide bonds. The molecule has 2 heterocycles. The number of oxime groups is 1. The van der Waals surface area contributed by atoms with Gasteiger partial charge in [0.15, 0.2) is 17.3 Å². The number of nitrogens with one attached hydrogen (secondary N) is 1. The van der Waals surface area contributed by atoms with E-state index in [1.165, 1.54) is 0 Å². The highest BCUT2D eigenvalue weighted by atomic mass is 32.2. The highest BCUT2D eigenvalue weighted by Gasteiger charge is 2.17. The fourth-order valence-electron chi connectivity index (χ4n) is 1.52. The molecule has 0 aromatic heterocycles. The molecule has 7 heteroatoms. The van der Waals surface area contributed by atoms with Crippen LogP contribution in [0.1, 0.15) is 5.56 Å². The number of nitrogens with zero attached hydrogens (tertiary/aromatic N) is 1. The maximum Gasteiger partial charge on any atom is 0.338 e. The van der Waals surface area contributed by atoms with Crippen molar-refractivity contribution in [2.75, 3.05) is 6.79 Å². The van der Waals surface area contributed by atoms with Crippen LogP contribution < -0.4 is 14.2 Å². The second kappa shape index (κ2) is 3.67. The maximum absolute atomic E-state index is 10.8. The summed E-state index contributed by atoms with van der Waals surface area (Å²) < 4.78 is 28.4. The topological polar surface area (TPSA) is 69.2 Å². The highest BCUT2D eigenvalue weighted by Crippen LogP contribution is 2.32. The van der Waals surface area contributed by atoms with E-state index in [1.54, 1.807) is 0 Å². The van der Waals surface area contributed by atoms with Crippen molar-refractivity contribution < 1.29 is 18.0 Å². The van der Waals surface area contributed by atoms with E-state index in [4.69, 9.17) is 9.47 Å². The van der Waals surface area contributed by atoms with Gasteiger partial charge < -0.3 is 9.47 Å². The number of hydrogen-bond acceptors (Lipinski definition) is 5. The van der Waals surface area contributed by atoms with Crippen LogP contribution in [0.15, 0.2) is 23.4 Å². The standard InChI is InChI=1S/C9H8N2O4S/c12-16-11-9(10-15-16)4-6-1-2-7-8(3-6)14-5-13-7/h1-3H,4-5H2,(H,10,11). The predicted molar refractivity (Wildman–Crippen MR) is 56.1 cm³/mol. The number of rotatable bonds is 2. The fraction of sp³-hybridized carbons (Fsp3) is 0.222. The zero-order valence-electron chi connectivity index (χ0n) is 8.13. The molecule has 2 aliphatic heterocycles. The van der Waals surface area contributed by atoms with Gasteiger partial charge in [0.1, 0.15) is 0 Å². The van der Waals surface area contributed by atoms with Gasteiger partial charge in [0.2, 0.25) is 6.79 Å². The van der Waals surface area contributed by atoms with E-state index < -0.39 is 11.3 Å². The summed E-state index contributed by atoms with van der Waals surface area (Å²) in [5, 5.41) is 3.64. The molecule has 0 bridgehead atoms. The Kier molecular flexibility index (Phi) is 2.17. The molecule has 16 heavy (non-hydrogen) atoms. The Bertz CT molecular complexity index is 488. The molecule has 0 fully saturated rings. The Balaban J connectivity index is 1.78. The van der Waals surface area contributed by atoms with Crippen LogP contribution in [0.3, 0.4) is 0 Å². The molecule has 0 saturated carbocycles. The van der Waals surface area contributed by atoms with E-state index >= 15 is 0 Å². The lowest BCUT2D eigenvalue weighted by Gasteiger charge is -2.01. The Labute approximate surface area is 94.0 Å². The number of benzene rings is 1. The molecule has 1 N–H and O–H groups in total. The third-order valence-electron chi connectivity index (χ3n) is 2.22. The number of ether oxygens (including phenoxy) is 2. The molecule has 0 saturated heterocycles. The minimum absolute atomic E-state index is 0.255. The van der Waals surface area contributed by atoms with E-state index in [2.05, 4.69) is 14.2 Å². The van der Waals surface area contributed by atoms with Crippen LogP contribution in [0.5, 0.6) is 11.5 Å². The molecular weight excluding hydrogens is 232 g/mol. The largest absolute Gasteiger partial charge is 0.454 e. The molecule has 1 aromatic rings. The van der Waals surface area contributed by atoms with Crippen LogP contribution in [0.2, 0.25) is 0 Å². The number of fused-ring (bicyclic) bond motifs is 1. The van der Waals surface area contributed by atoms with Crippen LogP contribution in [0.25, 0.3) is 0 Å². The first kappa shape index (κ1) is 9.46. The molecule has 1 unspecified atom stereocenters. The molecule has 3 rings (SSSR count). The summed E-state index contributed by atoms with van der Waals surface area (Å²) in [6.07, 6.45) is 0.516. The molecule has 1 atom stereocenters. The van der Waals surface area contributed by atoms with Gasteiger partial charge in [-0.3, -0.25) is 9.01 Å². The van der Waals surface area contributed by atoms with Crippen molar-refractivity contribution in [3.63, 3.8) is 0 Å². The van der Waals surface area contributed by atoms with Gasteiger partial charge in [-0.1, -0.05) is 11.2 Å². The average Bonchev–Trinajstić information content (AvgIpc) is 2.87. The lowest BCUT2D eigenvalue weighted by atomic mass is 10.1. The number of amidine groups is 1. The van der Waals surface area contributed by atoms with Crippen molar-refractivity contribution in [2.45, 2.75) is 6.42 Å². The zero-order chi connectivity index (χ0) is 11.0. The van der Waals surface area contributed by atoms with Gasteiger partial charge in [-0.15, -0.1) is 0 Å². The van der Waals surface area contributed by atoms with E-state index in [0.29, 0.717) is 12.3 Å². The predicted octanol–water partition coefficient (Wildman–Crippen LogP) is 0.470. The van der Waals surface area contributed by atoms with Gasteiger partial charge in [-0.25, -0.2) is 0 Å². The fourth-order valence-corrected chi connectivity index (χ4v) is 2.02. The van der Waals surface area contributed by atoms with Gasteiger partial charge in [-0.2, -0.15) is 4.21 Å². The lowest BCUT2D eigenvalue weighted by Crippen LogP contribution is -2.21. The molecule has 0 radical (unpaired) electrons. The third-order valence-corrected chi connectivity index (χ3v) is 2.84. The summed E-state index contributed by atoms with van der Waals surface area (Å²) in [5.41, 5.74) is 0.984. The lowest BCUT2D eigenvalue weighted by molar-refractivity contribution is 0.174. The molecule has 1 aromatic carbocycles. The SMILES string of the molecule is O=S1NC(Cc2ccc3c(c2)OCO3)=NO1. The average molecular weight is 240 g/mol. The summed E-state index contributed by atoms with van der Waals surface area (Å²) in [6.45, 7) is 0.255. The van der Waals surface area contributed by atoms with Crippen LogP contribution in [-0.4, -0.2) is 16.8 Å². The van der Waals surface area contributed by atoms with Crippen LogP contribution >= 0.6 is 0 Å². The molecule has 0 spiro atoms. The molecule has 0 aliphatic carbocycles. The summed E-state index contributed by atoms with van der Waals surface area (Å²) in [6, 6.07) is 5.61. The van der Waals surface area contributed by atoms with E-state index in [9.17, 15) is 4.21 Å². The molecule has 84 valence electrons. The Hall–Kier alpha value is -1.76. The van der Waals surface area contributed by atoms with E-state index in [1.807, 2.05) is 18.2 Å². The third kappa shape index (κ3) is 1.69. The normalized spacial score (nSPS) is 21.2. The van der Waals surface area contributed by atoms with Crippen molar-refractivity contribution in [2.24, 2.45) is 5.16 Å². The van der Waals surface area contributed by atoms with Gasteiger partial charge in [0, 0.05) is 6.42 Å². The molecule has 2 aliphatic rings. The second-order valence-electron chi connectivity index (χ2n) is 3.31. The quantitative estimate of drug-likeness (QED) is 0.815. The first-order valence-corrected chi connectivity index (χ1v) is 5.70. The van der Waals surface area contributed by atoms with Gasteiger partial charge >= 0.3 is 11.3 Å². The molecular formula is C9H8N2O4S. The first-order valence-electron chi connectivity index (χ1n) is 4.62. The Morgan fingerprint density at radius 2 is 2.25 bits per heavy atom. The monoisotopic (exact) mass is 240 g/mol. The van der Waals surface area contributed by atoms with Crippen molar-refractivity contribution in [1.82, 2.24) is 4.72 Å². The first-order chi connectivity index (χ1) is 7.81. The van der Waals surface area contributed by atoms with E-state index in [0.717, 1.165) is 17.1 Å². The van der Waals surface area contributed by atoms with Gasteiger partial charge in [-0.05, 0) is 17.7 Å². The van der Waals surface area contributed by atoms with E-state index in [-0.39, 0.29) is 6.79 Å². The summed E-state index contributed by atoms with van der Waals surface area (Å²) in [4.78, 5) is 0. The van der Waals surface area contributed by atoms with Crippen molar-refractivity contribution in [1.29, 1.82) is 0 Å². The Morgan fingerprint density at radius 1 is 1.38 bits per heavy atom. The van der Waals surface area contributed by atoms with Crippen molar-refractivity contribution in [3.8, 4) is 11.5 Å². The summed E-state index contributed by atoms with van der Waals surface area (Å²) in [7, 11) is 0. The van der Waals surface area contributed by atoms with Crippen LogP contribution in [0, 0.1) is 0 Å². The smallest absolute Gasteiger partial charge is 0.338 e. The van der Waals surface area contributed by atoms with Crippen LogP contribution in [-0.2, 0) is 22.0 Å².